The zero-order valence-corrected chi connectivity index (χ0v) is 20.5. The molecule has 6 aromatic rings. The second-order valence-corrected chi connectivity index (χ2v) is 9.00. The molecule has 0 atom stereocenters. The fourth-order valence-corrected chi connectivity index (χ4v) is 4.73. The average Bonchev–Trinajstić information content (AvgIpc) is 2.96. The summed E-state index contributed by atoms with van der Waals surface area (Å²) in [6, 6.07) is 38.9. The van der Waals surface area contributed by atoms with Gasteiger partial charge in [0.05, 0.1) is 11.4 Å². The Morgan fingerprint density at radius 2 is 0.816 bits per heavy atom. The molecule has 182 valence electrons. The molecule has 0 aromatic heterocycles. The van der Waals surface area contributed by atoms with Gasteiger partial charge in [0.15, 0.2) is 0 Å². The van der Waals surface area contributed by atoms with Crippen molar-refractivity contribution < 1.29 is 10.2 Å². The Morgan fingerprint density at radius 3 is 1.26 bits per heavy atom. The molecule has 0 saturated heterocycles. The van der Waals surface area contributed by atoms with Crippen LogP contribution in [0.3, 0.4) is 0 Å². The van der Waals surface area contributed by atoms with Crippen molar-refractivity contribution in [3.05, 3.63) is 132 Å². The Kier molecular flexibility index (Phi) is 6.12. The lowest BCUT2D eigenvalue weighted by Gasteiger charge is -2.16. The summed E-state index contributed by atoms with van der Waals surface area (Å²) in [4.78, 5) is 9.73. The minimum Gasteiger partial charge on any atom is -0.507 e. The number of benzene rings is 6. The summed E-state index contributed by atoms with van der Waals surface area (Å²) in [7, 11) is 0. The van der Waals surface area contributed by atoms with Crippen LogP contribution in [-0.4, -0.2) is 22.6 Å². The molecule has 0 spiro atoms. The van der Waals surface area contributed by atoms with Crippen LogP contribution in [-0.2, 0) is 0 Å². The molecule has 4 nitrogen and oxygen atoms in total. The van der Waals surface area contributed by atoms with E-state index in [-0.39, 0.29) is 11.5 Å². The summed E-state index contributed by atoms with van der Waals surface area (Å²) in [5, 5.41) is 24.9. The van der Waals surface area contributed by atoms with Gasteiger partial charge in [-0.05, 0) is 57.9 Å². The van der Waals surface area contributed by atoms with Crippen LogP contribution in [0.2, 0.25) is 0 Å². The van der Waals surface area contributed by atoms with Crippen LogP contribution in [0, 0.1) is 0 Å². The number of hydrogen-bond donors (Lipinski definition) is 2. The van der Waals surface area contributed by atoms with Gasteiger partial charge in [-0.3, -0.25) is 9.98 Å². The largest absolute Gasteiger partial charge is 0.507 e. The van der Waals surface area contributed by atoms with Crippen LogP contribution in [0.5, 0.6) is 11.5 Å². The van der Waals surface area contributed by atoms with E-state index < -0.39 is 0 Å². The maximum atomic E-state index is 10.3. The van der Waals surface area contributed by atoms with Gasteiger partial charge in [0.2, 0.25) is 0 Å². The molecule has 0 aliphatic heterocycles. The van der Waals surface area contributed by atoms with Crippen molar-refractivity contribution in [2.75, 3.05) is 0 Å². The fraction of sp³-hybridized carbons (Fsp3) is 0. The highest BCUT2D eigenvalue weighted by atomic mass is 16.3. The molecule has 0 saturated carbocycles. The second kappa shape index (κ2) is 10.0. The first-order valence-electron chi connectivity index (χ1n) is 12.4. The minimum absolute atomic E-state index is 0.178. The van der Waals surface area contributed by atoms with Gasteiger partial charge in [0.25, 0.3) is 0 Å². The molecule has 0 unspecified atom stereocenters. The Balaban J connectivity index is 1.64. The normalized spacial score (nSPS) is 11.7. The third kappa shape index (κ3) is 4.40. The Morgan fingerprint density at radius 1 is 0.421 bits per heavy atom. The highest BCUT2D eigenvalue weighted by molar-refractivity contribution is 6.13. The number of nitrogens with zero attached hydrogens (tertiary/aromatic N) is 2. The van der Waals surface area contributed by atoms with E-state index in [9.17, 15) is 10.2 Å². The molecule has 4 heteroatoms. The van der Waals surface area contributed by atoms with E-state index >= 15 is 0 Å². The van der Waals surface area contributed by atoms with E-state index in [1.54, 1.807) is 36.7 Å². The van der Waals surface area contributed by atoms with Gasteiger partial charge in [-0.2, -0.15) is 0 Å². The highest BCUT2D eigenvalue weighted by Gasteiger charge is 2.17. The minimum atomic E-state index is 0.178. The molecule has 6 aromatic carbocycles. The number of phenols is 2. The van der Waals surface area contributed by atoms with Gasteiger partial charge in [-0.15, -0.1) is 0 Å². The molecular formula is C34H24N2O2. The van der Waals surface area contributed by atoms with Crippen molar-refractivity contribution in [3.63, 3.8) is 0 Å². The molecule has 0 aliphatic rings. The molecule has 2 N–H and O–H groups in total. The molecule has 0 amide bonds. The Bertz CT molecular complexity index is 1720. The predicted molar refractivity (Wildman–Crippen MR) is 158 cm³/mol. The fourth-order valence-electron chi connectivity index (χ4n) is 4.73. The van der Waals surface area contributed by atoms with E-state index in [1.165, 1.54) is 0 Å². The zero-order valence-electron chi connectivity index (χ0n) is 20.5. The van der Waals surface area contributed by atoms with Crippen LogP contribution < -0.4 is 0 Å². The molecule has 38 heavy (non-hydrogen) atoms. The Labute approximate surface area is 220 Å². The van der Waals surface area contributed by atoms with E-state index in [0.717, 1.165) is 44.0 Å². The number of aliphatic imine (C=N–C) groups is 2. The van der Waals surface area contributed by atoms with E-state index in [1.807, 2.05) is 60.7 Å². The maximum Gasteiger partial charge on any atom is 0.124 e. The van der Waals surface area contributed by atoms with Crippen LogP contribution in [0.1, 0.15) is 11.1 Å². The lowest BCUT2D eigenvalue weighted by Crippen LogP contribution is -1.89. The van der Waals surface area contributed by atoms with Crippen molar-refractivity contribution in [1.29, 1.82) is 0 Å². The lowest BCUT2D eigenvalue weighted by atomic mass is 9.91. The van der Waals surface area contributed by atoms with Crippen molar-refractivity contribution >= 4 is 45.3 Å². The quantitative estimate of drug-likeness (QED) is 0.237. The second-order valence-electron chi connectivity index (χ2n) is 9.00. The summed E-state index contributed by atoms with van der Waals surface area (Å²) in [6.07, 6.45) is 3.39. The SMILES string of the molecule is Oc1ccccc1/C=N/c1ccc2ccccc2c1-c1c(/N=C/c2ccccc2O)ccc2ccccc12. The number of fused-ring (bicyclic) bond motifs is 2. The smallest absolute Gasteiger partial charge is 0.124 e. The first kappa shape index (κ1) is 23.2. The van der Waals surface area contributed by atoms with E-state index in [2.05, 4.69) is 36.4 Å². The summed E-state index contributed by atoms with van der Waals surface area (Å²) in [5.41, 5.74) is 4.72. The molecule has 0 heterocycles. The Hall–Kier alpha value is -5.22. The monoisotopic (exact) mass is 492 g/mol. The third-order valence-corrected chi connectivity index (χ3v) is 6.62. The molecule has 0 bridgehead atoms. The van der Waals surface area contributed by atoms with Crippen LogP contribution in [0.4, 0.5) is 11.4 Å². The maximum absolute atomic E-state index is 10.3. The number of phenolic OH excluding ortho intramolecular Hbond substituents is 2. The third-order valence-electron chi connectivity index (χ3n) is 6.62. The molecule has 6 rings (SSSR count). The van der Waals surface area contributed by atoms with Gasteiger partial charge in [-0.1, -0.05) is 84.9 Å². The number of para-hydroxylation sites is 2. The first-order chi connectivity index (χ1) is 18.7. The number of aromatic hydroxyl groups is 2. The number of rotatable bonds is 5. The van der Waals surface area contributed by atoms with Crippen LogP contribution >= 0.6 is 0 Å². The first-order valence-corrected chi connectivity index (χ1v) is 12.4. The molecule has 0 fully saturated rings. The molecule has 0 aliphatic carbocycles. The lowest BCUT2D eigenvalue weighted by molar-refractivity contribution is 0.474. The topological polar surface area (TPSA) is 65.2 Å². The number of hydrogen-bond acceptors (Lipinski definition) is 4. The van der Waals surface area contributed by atoms with Crippen molar-refractivity contribution in [1.82, 2.24) is 0 Å². The summed E-state index contributed by atoms with van der Waals surface area (Å²) < 4.78 is 0. The summed E-state index contributed by atoms with van der Waals surface area (Å²) in [6.45, 7) is 0. The van der Waals surface area contributed by atoms with Gasteiger partial charge < -0.3 is 10.2 Å². The van der Waals surface area contributed by atoms with Crippen LogP contribution in [0.25, 0.3) is 32.7 Å². The molecule has 0 radical (unpaired) electrons. The van der Waals surface area contributed by atoms with E-state index in [4.69, 9.17) is 9.98 Å². The van der Waals surface area contributed by atoms with Crippen molar-refractivity contribution in [3.8, 4) is 22.6 Å². The molecular weight excluding hydrogens is 468 g/mol. The van der Waals surface area contributed by atoms with Crippen molar-refractivity contribution in [2.45, 2.75) is 0 Å². The van der Waals surface area contributed by atoms with Gasteiger partial charge >= 0.3 is 0 Å². The standard InChI is InChI=1S/C34H24N2O2/c37-31-15-7-3-11-25(31)21-35-29-19-17-23-9-1-5-13-27(23)33(29)34-28-14-6-2-10-24(28)18-20-30(34)36-22-26-12-4-8-16-32(26)38/h1-22,37-38H/b35-21+,36-22+. The van der Waals surface area contributed by atoms with Crippen LogP contribution in [0.15, 0.2) is 131 Å². The van der Waals surface area contributed by atoms with Gasteiger partial charge in [0, 0.05) is 34.7 Å². The van der Waals surface area contributed by atoms with E-state index in [0.29, 0.717) is 11.1 Å². The zero-order chi connectivity index (χ0) is 25.9. The summed E-state index contributed by atoms with van der Waals surface area (Å²) in [5.74, 6) is 0.355. The average molecular weight is 493 g/mol. The van der Waals surface area contributed by atoms with Crippen molar-refractivity contribution in [2.24, 2.45) is 9.98 Å². The summed E-state index contributed by atoms with van der Waals surface area (Å²) >= 11 is 0. The van der Waals surface area contributed by atoms with Gasteiger partial charge in [-0.25, -0.2) is 0 Å². The van der Waals surface area contributed by atoms with Gasteiger partial charge in [0.1, 0.15) is 11.5 Å². The predicted octanol–water partition coefficient (Wildman–Crippen LogP) is 8.57. The highest BCUT2D eigenvalue weighted by Crippen LogP contribution is 2.45.